The quantitative estimate of drug-likeness (QED) is 0.0388. The van der Waals surface area contributed by atoms with Gasteiger partial charge in [-0.15, -0.1) is 0 Å². The number of benzene rings is 1. The summed E-state index contributed by atoms with van der Waals surface area (Å²) in [5.41, 5.74) is 0.999. The van der Waals surface area contributed by atoms with Gasteiger partial charge in [-0.1, -0.05) is 347 Å². The number of nitrogens with one attached hydrogen (secondary N) is 1. The van der Waals surface area contributed by atoms with Crippen molar-refractivity contribution in [2.45, 2.75) is 471 Å². The molecule has 1 aromatic carbocycles. The lowest BCUT2D eigenvalue weighted by atomic mass is 10.0. The van der Waals surface area contributed by atoms with Gasteiger partial charge in [0.15, 0.2) is 33.3 Å². The van der Waals surface area contributed by atoms with Crippen molar-refractivity contribution in [3.63, 3.8) is 0 Å². The summed E-state index contributed by atoms with van der Waals surface area (Å²) in [4.78, 5) is 34.6. The molecule has 1 aromatic rings. The summed E-state index contributed by atoms with van der Waals surface area (Å²) >= 11 is 0. The molecule has 102 heavy (non-hydrogen) atoms. The minimum atomic E-state index is -2.13. The summed E-state index contributed by atoms with van der Waals surface area (Å²) in [6.45, 7) is 62.1. The van der Waals surface area contributed by atoms with Crippen LogP contribution in [0, 0.1) is 0 Å². The molecule has 0 aromatic heterocycles. The highest BCUT2D eigenvalue weighted by atomic mass is 28.4. The number of amides is 1. The molecule has 14 heteroatoms. The van der Waals surface area contributed by atoms with Gasteiger partial charge in [-0.25, -0.2) is 4.79 Å². The highest BCUT2D eigenvalue weighted by Crippen LogP contribution is 2.42. The van der Waals surface area contributed by atoms with Gasteiger partial charge in [0, 0.05) is 45.6 Å². The van der Waals surface area contributed by atoms with E-state index < -0.39 is 39.3 Å². The van der Waals surface area contributed by atoms with Gasteiger partial charge < -0.3 is 27.8 Å². The topological polar surface area (TPSA) is 98.8 Å². The average Bonchev–Trinajstić information content (AvgIpc) is 0.831. The number of carbonyl (C=O) groups excluding carboxylic acids is 2. The minimum Gasteiger partial charge on any atom is -0.464 e. The molecule has 0 bridgehead atoms. The number of ether oxygens (including phenoxy) is 1. The lowest BCUT2D eigenvalue weighted by molar-refractivity contribution is -0.148. The number of hydrogen-bond donors (Lipinski definition) is 1. The maximum atomic E-state index is 14.7. The Labute approximate surface area is 640 Å². The van der Waals surface area contributed by atoms with Crippen LogP contribution in [-0.2, 0) is 38.5 Å². The van der Waals surface area contributed by atoms with Crippen molar-refractivity contribution in [1.82, 2.24) is 15.1 Å². The zero-order chi connectivity index (χ0) is 76.8. The van der Waals surface area contributed by atoms with E-state index >= 15 is 0 Å². The normalized spacial score (nSPS) is 14.8. The second kappa shape index (κ2) is 53.6. The zero-order valence-corrected chi connectivity index (χ0v) is 76.8. The molecule has 1 amide bonds. The van der Waals surface area contributed by atoms with Crippen molar-refractivity contribution in [3.8, 4) is 0 Å². The van der Waals surface area contributed by atoms with E-state index in [1.165, 1.54) is 205 Å². The first-order valence-corrected chi connectivity index (χ1v) is 55.1. The first-order chi connectivity index (χ1) is 47.8. The van der Waals surface area contributed by atoms with E-state index in [4.69, 9.17) is 22.4 Å². The summed E-state index contributed by atoms with van der Waals surface area (Å²) in [6.07, 6.45) is 47.9. The molecule has 10 nitrogen and oxygen atoms in total. The number of carbonyl (C=O) groups is 2. The van der Waals surface area contributed by atoms with Crippen LogP contribution in [0.4, 0.5) is 0 Å². The predicted molar refractivity (Wildman–Crippen MR) is 457 cm³/mol. The van der Waals surface area contributed by atoms with Crippen molar-refractivity contribution in [2.75, 3.05) is 45.9 Å². The van der Waals surface area contributed by atoms with Crippen molar-refractivity contribution in [3.05, 3.63) is 35.9 Å². The third kappa shape index (κ3) is 45.7. The Morgan fingerprint density at radius 2 is 0.618 bits per heavy atom. The van der Waals surface area contributed by atoms with Crippen molar-refractivity contribution in [1.29, 1.82) is 0 Å². The summed E-state index contributed by atoms with van der Waals surface area (Å²) in [7, 11) is -8.52. The summed E-state index contributed by atoms with van der Waals surface area (Å²) in [5, 5.41) is 3.62. The van der Waals surface area contributed by atoms with E-state index in [1.54, 1.807) is 0 Å². The number of nitrogens with zero attached hydrogens (tertiary/aromatic N) is 2. The second-order valence-electron chi connectivity index (χ2n) is 38.0. The van der Waals surface area contributed by atoms with Crippen molar-refractivity contribution < 1.29 is 32.0 Å². The van der Waals surface area contributed by atoms with Crippen LogP contribution in [0.1, 0.15) is 367 Å². The van der Waals surface area contributed by atoms with Crippen LogP contribution in [0.5, 0.6) is 0 Å². The molecular weight excluding hydrogens is 1320 g/mol. The third-order valence-corrected chi connectivity index (χ3v) is 42.2. The molecule has 0 aliphatic carbocycles. The van der Waals surface area contributed by atoms with Crippen molar-refractivity contribution in [2.24, 2.45) is 0 Å². The molecule has 0 saturated heterocycles. The van der Waals surface area contributed by atoms with Crippen LogP contribution < -0.4 is 5.32 Å². The maximum Gasteiger partial charge on any atom is 0.328 e. The fourth-order valence-corrected chi connectivity index (χ4v) is 18.7. The van der Waals surface area contributed by atoms with E-state index in [0.29, 0.717) is 25.7 Å². The van der Waals surface area contributed by atoms with Gasteiger partial charge in [0.2, 0.25) is 5.91 Å². The van der Waals surface area contributed by atoms with Gasteiger partial charge in [-0.05, 0) is 123 Å². The van der Waals surface area contributed by atoms with Crippen LogP contribution in [-0.4, -0.2) is 131 Å². The van der Waals surface area contributed by atoms with Crippen LogP contribution in [0.3, 0.4) is 0 Å². The number of hydrogen-bond acceptors (Lipinski definition) is 9. The standard InChI is InChI=1S/C88H177N3O7Si4/c1-25-29-33-37-41-45-49-56-64-78(95-99(17,18)85(5,6)7)73-90(74-79(96-100(19,20)86(8,9)10)65-57-50-46-42-38-34-30-26-2)69-60-68-83(92)89-82(72-77-62-54-53-55-63-77)84(93)94-71-61-70-91(75-80(97-101(21,22)87(11,12)13)66-58-51-47-43-39-35-31-27-3)76-81(98-102(23,24)88(14,15)16)67-59-52-48-44-40-36-32-28-4/h53-55,62-63,78-82H,25-52,56-61,64-76H2,1-24H3,(H,89,92)/t78?,79?,80?,81?,82-/m0/s1. The summed E-state index contributed by atoms with van der Waals surface area (Å²) < 4.78 is 36.3. The minimum absolute atomic E-state index is 0.0847. The van der Waals surface area contributed by atoms with Crippen LogP contribution in [0.15, 0.2) is 30.3 Å². The van der Waals surface area contributed by atoms with Crippen LogP contribution in [0.2, 0.25) is 72.5 Å². The van der Waals surface area contributed by atoms with Gasteiger partial charge >= 0.3 is 5.97 Å². The van der Waals surface area contributed by atoms with Crippen LogP contribution >= 0.6 is 0 Å². The molecule has 0 aliphatic heterocycles. The molecule has 0 radical (unpaired) electrons. The Balaban J connectivity index is 3.74. The van der Waals surface area contributed by atoms with Gasteiger partial charge in [-0.2, -0.15) is 0 Å². The van der Waals surface area contributed by atoms with E-state index in [0.717, 1.165) is 70.5 Å². The highest BCUT2D eigenvalue weighted by molar-refractivity contribution is 6.75. The molecule has 0 saturated carbocycles. The maximum absolute atomic E-state index is 14.7. The molecule has 602 valence electrons. The molecule has 0 aliphatic rings. The largest absolute Gasteiger partial charge is 0.464 e. The Kier molecular flexibility index (Phi) is 51.9. The van der Waals surface area contributed by atoms with E-state index in [-0.39, 0.29) is 63.1 Å². The Bertz CT molecular complexity index is 2100. The van der Waals surface area contributed by atoms with E-state index in [1.807, 2.05) is 18.2 Å². The first kappa shape index (κ1) is 98.8. The molecule has 4 unspecified atom stereocenters. The van der Waals surface area contributed by atoms with E-state index in [9.17, 15) is 9.59 Å². The van der Waals surface area contributed by atoms with Gasteiger partial charge in [0.25, 0.3) is 0 Å². The monoisotopic (exact) mass is 1500 g/mol. The number of rotatable bonds is 64. The predicted octanol–water partition coefficient (Wildman–Crippen LogP) is 26.7. The zero-order valence-electron chi connectivity index (χ0n) is 72.8. The van der Waals surface area contributed by atoms with E-state index in [2.05, 4.69) is 190 Å². The third-order valence-electron chi connectivity index (χ3n) is 24.1. The summed E-state index contributed by atoms with van der Waals surface area (Å²) in [6, 6.07) is 9.35. The SMILES string of the molecule is CCCCCCCCCCC(CN(CCCOC(=O)[C@H](Cc1ccccc1)NC(=O)CCCN(CC(CCCCCCCCCC)O[Si](C)(C)C(C)(C)C)CC(CCCCCCCCCC)O[Si](C)(C)C(C)(C)C)CC(CCCCCCCCCC)O[Si](C)(C)C(C)(C)C)O[Si](C)(C)C(C)(C)C. The molecule has 5 atom stereocenters. The van der Waals surface area contributed by atoms with Gasteiger partial charge in [0.1, 0.15) is 6.04 Å². The molecule has 0 spiro atoms. The molecule has 0 heterocycles. The lowest BCUT2D eigenvalue weighted by Crippen LogP contribution is -2.50. The first-order valence-electron chi connectivity index (χ1n) is 43.5. The lowest BCUT2D eigenvalue weighted by Gasteiger charge is -2.42. The van der Waals surface area contributed by atoms with Crippen molar-refractivity contribution >= 4 is 45.1 Å². The Hall–Kier alpha value is -1.21. The average molecular weight is 1500 g/mol. The van der Waals surface area contributed by atoms with Gasteiger partial charge in [0.05, 0.1) is 31.0 Å². The number of esters is 1. The molecule has 1 rings (SSSR count). The fraction of sp³-hybridized carbons (Fsp3) is 0.909. The Morgan fingerprint density at radius 3 is 0.882 bits per heavy atom. The highest BCUT2D eigenvalue weighted by Gasteiger charge is 2.44. The smallest absolute Gasteiger partial charge is 0.328 e. The van der Waals surface area contributed by atoms with Crippen LogP contribution in [0.25, 0.3) is 0 Å². The second-order valence-corrected chi connectivity index (χ2v) is 57.0. The van der Waals surface area contributed by atoms with Gasteiger partial charge in [-0.3, -0.25) is 14.6 Å². The Morgan fingerprint density at radius 1 is 0.363 bits per heavy atom. The summed E-state index contributed by atoms with van der Waals surface area (Å²) in [5.74, 6) is -0.463. The fourth-order valence-electron chi connectivity index (χ4n) is 13.1. The molecular formula is C88H177N3O7Si4. The molecule has 0 fully saturated rings. The molecule has 1 N–H and O–H groups in total. The number of unbranched alkanes of at least 4 members (excludes halogenated alkanes) is 28.